The Hall–Kier alpha value is -1.36. The van der Waals surface area contributed by atoms with E-state index < -0.39 is 0 Å². The van der Waals surface area contributed by atoms with Crippen LogP contribution < -0.4 is 11.1 Å². The molecule has 1 atom stereocenters. The van der Waals surface area contributed by atoms with Crippen LogP contribution in [0.2, 0.25) is 0 Å². The van der Waals surface area contributed by atoms with Gasteiger partial charge in [0.05, 0.1) is 5.56 Å². The van der Waals surface area contributed by atoms with E-state index in [-0.39, 0.29) is 11.7 Å². The Kier molecular flexibility index (Phi) is 4.36. The molecule has 0 bridgehead atoms. The summed E-state index contributed by atoms with van der Waals surface area (Å²) < 4.78 is 0. The fraction of sp³-hybridized carbons (Fsp3) is 0.462. The topological polar surface area (TPSA) is 75.3 Å². The number of hydrogen-bond donors (Lipinski definition) is 3. The SMILES string of the molecule is Nc1ccc(O)cc1C(=O)NCC1CCCCS1. The van der Waals surface area contributed by atoms with Crippen molar-refractivity contribution in [1.29, 1.82) is 0 Å². The Balaban J connectivity index is 1.92. The van der Waals surface area contributed by atoms with Gasteiger partial charge in [0.2, 0.25) is 0 Å². The molecule has 1 aliphatic heterocycles. The van der Waals surface area contributed by atoms with Gasteiger partial charge in [-0.05, 0) is 36.8 Å². The Morgan fingerprint density at radius 2 is 2.33 bits per heavy atom. The van der Waals surface area contributed by atoms with E-state index in [0.717, 1.165) is 6.42 Å². The van der Waals surface area contributed by atoms with Gasteiger partial charge in [0.25, 0.3) is 5.91 Å². The van der Waals surface area contributed by atoms with Gasteiger partial charge in [-0.3, -0.25) is 4.79 Å². The zero-order valence-electron chi connectivity index (χ0n) is 10.2. The van der Waals surface area contributed by atoms with Crippen LogP contribution in [-0.2, 0) is 0 Å². The van der Waals surface area contributed by atoms with Crippen LogP contribution >= 0.6 is 11.8 Å². The summed E-state index contributed by atoms with van der Waals surface area (Å²) in [7, 11) is 0. The van der Waals surface area contributed by atoms with Crippen LogP contribution in [0.3, 0.4) is 0 Å². The first kappa shape index (κ1) is 13.1. The van der Waals surface area contributed by atoms with E-state index >= 15 is 0 Å². The van der Waals surface area contributed by atoms with E-state index in [1.54, 1.807) is 6.07 Å². The third kappa shape index (κ3) is 3.32. The first-order valence-electron chi connectivity index (χ1n) is 6.15. The summed E-state index contributed by atoms with van der Waals surface area (Å²) in [6.07, 6.45) is 3.66. The second kappa shape index (κ2) is 6.00. The normalized spacial score (nSPS) is 19.4. The quantitative estimate of drug-likeness (QED) is 0.577. The van der Waals surface area contributed by atoms with E-state index in [1.165, 1.54) is 30.7 Å². The van der Waals surface area contributed by atoms with Crippen LogP contribution in [0, 0.1) is 0 Å². The highest BCUT2D eigenvalue weighted by Crippen LogP contribution is 2.24. The summed E-state index contributed by atoms with van der Waals surface area (Å²) >= 11 is 1.91. The lowest BCUT2D eigenvalue weighted by atomic mass is 10.1. The molecular weight excluding hydrogens is 248 g/mol. The first-order chi connectivity index (χ1) is 8.66. The van der Waals surface area contributed by atoms with Gasteiger partial charge in [0.15, 0.2) is 0 Å². The number of aromatic hydroxyl groups is 1. The first-order valence-corrected chi connectivity index (χ1v) is 7.20. The average Bonchev–Trinajstić information content (AvgIpc) is 2.40. The molecule has 0 radical (unpaired) electrons. The molecule has 1 fully saturated rings. The smallest absolute Gasteiger partial charge is 0.253 e. The Labute approximate surface area is 111 Å². The predicted octanol–water partition coefficient (Wildman–Crippen LogP) is 1.99. The summed E-state index contributed by atoms with van der Waals surface area (Å²) in [5, 5.41) is 12.8. The third-order valence-corrected chi connectivity index (χ3v) is 4.44. The van der Waals surface area contributed by atoms with Crippen molar-refractivity contribution in [3.63, 3.8) is 0 Å². The van der Waals surface area contributed by atoms with Crippen molar-refractivity contribution in [2.75, 3.05) is 18.0 Å². The second-order valence-electron chi connectivity index (χ2n) is 4.47. The molecule has 4 N–H and O–H groups in total. The minimum absolute atomic E-state index is 0.0568. The van der Waals surface area contributed by atoms with Gasteiger partial charge in [-0.25, -0.2) is 0 Å². The predicted molar refractivity (Wildman–Crippen MR) is 74.9 cm³/mol. The minimum atomic E-state index is -0.213. The molecule has 98 valence electrons. The Morgan fingerprint density at radius 3 is 3.06 bits per heavy atom. The molecule has 1 saturated heterocycles. The number of carbonyl (C=O) groups is 1. The molecule has 0 aliphatic carbocycles. The van der Waals surface area contributed by atoms with Gasteiger partial charge < -0.3 is 16.2 Å². The molecule has 5 heteroatoms. The van der Waals surface area contributed by atoms with Crippen LogP contribution in [0.5, 0.6) is 5.75 Å². The van der Waals surface area contributed by atoms with Crippen molar-refractivity contribution < 1.29 is 9.90 Å². The fourth-order valence-corrected chi connectivity index (χ4v) is 3.25. The van der Waals surface area contributed by atoms with Crippen molar-refractivity contribution in [3.05, 3.63) is 23.8 Å². The molecule has 18 heavy (non-hydrogen) atoms. The van der Waals surface area contributed by atoms with Crippen molar-refractivity contribution in [2.45, 2.75) is 24.5 Å². The molecule has 1 amide bonds. The number of hydrogen-bond acceptors (Lipinski definition) is 4. The molecule has 0 aromatic heterocycles. The van der Waals surface area contributed by atoms with E-state index in [4.69, 9.17) is 5.73 Å². The van der Waals surface area contributed by atoms with Gasteiger partial charge in [0.1, 0.15) is 5.75 Å². The maximum Gasteiger partial charge on any atom is 0.253 e. The number of rotatable bonds is 3. The Bertz CT molecular complexity index is 431. The molecule has 1 aliphatic rings. The summed E-state index contributed by atoms with van der Waals surface area (Å²) in [5.74, 6) is 1.02. The number of phenolic OH excluding ortho intramolecular Hbond substituents is 1. The largest absolute Gasteiger partial charge is 0.508 e. The Morgan fingerprint density at radius 1 is 1.50 bits per heavy atom. The van der Waals surface area contributed by atoms with Crippen molar-refractivity contribution in [1.82, 2.24) is 5.32 Å². The van der Waals surface area contributed by atoms with Crippen LogP contribution in [0.1, 0.15) is 29.6 Å². The molecule has 1 heterocycles. The van der Waals surface area contributed by atoms with Gasteiger partial charge in [0, 0.05) is 17.5 Å². The summed E-state index contributed by atoms with van der Waals surface area (Å²) in [6, 6.07) is 4.42. The number of nitrogens with two attached hydrogens (primary N) is 1. The molecule has 0 saturated carbocycles. The zero-order valence-corrected chi connectivity index (χ0v) is 11.0. The van der Waals surface area contributed by atoms with Crippen LogP contribution in [0.15, 0.2) is 18.2 Å². The standard InChI is InChI=1S/C13H18N2O2S/c14-12-5-4-9(16)7-11(12)13(17)15-8-10-3-1-2-6-18-10/h4-5,7,10,16H,1-3,6,8,14H2,(H,15,17). The van der Waals surface area contributed by atoms with Crippen LogP contribution in [-0.4, -0.2) is 28.6 Å². The number of nitrogen functional groups attached to an aromatic ring is 1. The monoisotopic (exact) mass is 266 g/mol. The lowest BCUT2D eigenvalue weighted by molar-refractivity contribution is 0.0954. The molecule has 1 unspecified atom stereocenters. The number of nitrogens with one attached hydrogen (secondary N) is 1. The molecular formula is C13H18N2O2S. The van der Waals surface area contributed by atoms with E-state index in [1.807, 2.05) is 11.8 Å². The number of carbonyl (C=O) groups excluding carboxylic acids is 1. The second-order valence-corrected chi connectivity index (χ2v) is 5.88. The van der Waals surface area contributed by atoms with Crippen LogP contribution in [0.25, 0.3) is 0 Å². The van der Waals surface area contributed by atoms with Crippen LogP contribution in [0.4, 0.5) is 5.69 Å². The van der Waals surface area contributed by atoms with Gasteiger partial charge in [-0.2, -0.15) is 11.8 Å². The van der Waals surface area contributed by atoms with E-state index in [0.29, 0.717) is 23.0 Å². The number of amides is 1. The number of thioether (sulfide) groups is 1. The summed E-state index contributed by atoms with van der Waals surface area (Å²) in [4.78, 5) is 11.9. The third-order valence-electron chi connectivity index (χ3n) is 3.05. The van der Waals surface area contributed by atoms with Gasteiger partial charge in [-0.15, -0.1) is 0 Å². The maximum absolute atomic E-state index is 11.9. The lowest BCUT2D eigenvalue weighted by Crippen LogP contribution is -2.32. The average molecular weight is 266 g/mol. The van der Waals surface area contributed by atoms with E-state index in [2.05, 4.69) is 5.32 Å². The molecule has 1 aromatic rings. The maximum atomic E-state index is 11.9. The lowest BCUT2D eigenvalue weighted by Gasteiger charge is -2.21. The highest BCUT2D eigenvalue weighted by Gasteiger charge is 2.16. The summed E-state index contributed by atoms with van der Waals surface area (Å²) in [5.41, 5.74) is 6.46. The van der Waals surface area contributed by atoms with Gasteiger partial charge >= 0.3 is 0 Å². The molecule has 4 nitrogen and oxygen atoms in total. The van der Waals surface area contributed by atoms with E-state index in [9.17, 15) is 9.90 Å². The number of phenols is 1. The van der Waals surface area contributed by atoms with Crippen molar-refractivity contribution in [3.8, 4) is 5.75 Å². The molecule has 2 rings (SSSR count). The minimum Gasteiger partial charge on any atom is -0.508 e. The number of anilines is 1. The summed E-state index contributed by atoms with van der Waals surface area (Å²) in [6.45, 7) is 0.665. The fourth-order valence-electron chi connectivity index (χ4n) is 2.01. The highest BCUT2D eigenvalue weighted by atomic mass is 32.2. The zero-order chi connectivity index (χ0) is 13.0. The number of benzene rings is 1. The van der Waals surface area contributed by atoms with Crippen molar-refractivity contribution >= 4 is 23.4 Å². The van der Waals surface area contributed by atoms with Crippen molar-refractivity contribution in [2.24, 2.45) is 0 Å². The highest BCUT2D eigenvalue weighted by molar-refractivity contribution is 7.99. The molecule has 0 spiro atoms. The van der Waals surface area contributed by atoms with Gasteiger partial charge in [-0.1, -0.05) is 6.42 Å². The molecule has 1 aromatic carbocycles.